The van der Waals surface area contributed by atoms with Crippen molar-refractivity contribution in [3.05, 3.63) is 27.7 Å². The molecule has 0 saturated carbocycles. The predicted octanol–water partition coefficient (Wildman–Crippen LogP) is 2.68. The molecule has 98 valence electrons. The van der Waals surface area contributed by atoms with Gasteiger partial charge in [0.15, 0.2) is 5.17 Å². The van der Waals surface area contributed by atoms with E-state index < -0.39 is 10.0 Å². The number of hydrogen-bond donors (Lipinski definition) is 1. The molecule has 1 aliphatic rings. The Balaban J connectivity index is 2.38. The lowest BCUT2D eigenvalue weighted by molar-refractivity contribution is 0.593. The summed E-state index contributed by atoms with van der Waals surface area (Å²) in [4.78, 5) is 4.05. The number of hydrogen-bond acceptors (Lipinski definition) is 4. The van der Waals surface area contributed by atoms with Gasteiger partial charge in [0.25, 0.3) is 10.0 Å². The van der Waals surface area contributed by atoms with Gasteiger partial charge in [0.05, 0.1) is 11.6 Å². The molecule has 0 amide bonds. The summed E-state index contributed by atoms with van der Waals surface area (Å²) in [6.45, 7) is 2.34. The van der Waals surface area contributed by atoms with E-state index in [1.807, 2.05) is 0 Å². The van der Waals surface area contributed by atoms with Gasteiger partial charge < -0.3 is 0 Å². The van der Waals surface area contributed by atoms with Crippen LogP contribution in [-0.2, 0) is 10.0 Å². The van der Waals surface area contributed by atoms with E-state index in [-0.39, 0.29) is 9.92 Å². The van der Waals surface area contributed by atoms with Crippen molar-refractivity contribution in [2.75, 3.05) is 12.3 Å². The van der Waals surface area contributed by atoms with Gasteiger partial charge >= 0.3 is 0 Å². The van der Waals surface area contributed by atoms with E-state index in [0.717, 1.165) is 5.75 Å². The first-order chi connectivity index (χ1) is 8.40. The summed E-state index contributed by atoms with van der Waals surface area (Å²) in [5.41, 5.74) is 0.655. The molecule has 18 heavy (non-hydrogen) atoms. The molecule has 1 aromatic rings. The van der Waals surface area contributed by atoms with Crippen LogP contribution in [0.3, 0.4) is 0 Å². The number of nitrogens with one attached hydrogen (secondary N) is 1. The van der Waals surface area contributed by atoms with Crippen molar-refractivity contribution in [1.29, 1.82) is 0 Å². The number of halogens is 2. The van der Waals surface area contributed by atoms with Crippen molar-refractivity contribution < 1.29 is 8.42 Å². The molecular weight excluding hydrogens is 315 g/mol. The molecule has 1 aromatic carbocycles. The molecule has 1 heterocycles. The Morgan fingerprint density at radius 3 is 2.67 bits per heavy atom. The number of aliphatic imine (C=N–C) groups is 1. The molecule has 0 fully saturated rings. The zero-order valence-electron chi connectivity index (χ0n) is 9.41. The molecule has 0 atom stereocenters. The molecule has 2 rings (SSSR count). The van der Waals surface area contributed by atoms with E-state index in [4.69, 9.17) is 23.2 Å². The Bertz CT molecular complexity index is 615. The van der Waals surface area contributed by atoms with Crippen LogP contribution in [0.4, 0.5) is 0 Å². The Kier molecular flexibility index (Phi) is 4.11. The SMILES string of the molecule is Cc1cc(S(=O)(=O)NC2=NCCS2)c(Cl)cc1Cl. The van der Waals surface area contributed by atoms with Gasteiger partial charge in [-0.2, -0.15) is 0 Å². The van der Waals surface area contributed by atoms with Crippen LogP contribution in [0.1, 0.15) is 5.56 Å². The fraction of sp³-hybridized carbons (Fsp3) is 0.300. The lowest BCUT2D eigenvalue weighted by Gasteiger charge is -2.10. The fourth-order valence-corrected chi connectivity index (χ4v) is 4.27. The van der Waals surface area contributed by atoms with Crippen LogP contribution in [-0.4, -0.2) is 25.9 Å². The highest BCUT2D eigenvalue weighted by atomic mass is 35.5. The van der Waals surface area contributed by atoms with Crippen LogP contribution in [0.25, 0.3) is 0 Å². The second-order valence-electron chi connectivity index (χ2n) is 3.67. The van der Waals surface area contributed by atoms with Crippen molar-refractivity contribution >= 4 is 50.2 Å². The minimum atomic E-state index is -3.71. The van der Waals surface area contributed by atoms with Crippen molar-refractivity contribution in [2.24, 2.45) is 4.99 Å². The van der Waals surface area contributed by atoms with Gasteiger partial charge in [0.2, 0.25) is 0 Å². The molecule has 0 aliphatic carbocycles. The van der Waals surface area contributed by atoms with Gasteiger partial charge in [0, 0.05) is 10.8 Å². The molecule has 4 nitrogen and oxygen atoms in total. The Labute approximate surface area is 120 Å². The van der Waals surface area contributed by atoms with Gasteiger partial charge in [-0.1, -0.05) is 35.0 Å². The summed E-state index contributed by atoms with van der Waals surface area (Å²) < 4.78 is 26.7. The van der Waals surface area contributed by atoms with Crippen LogP contribution in [0.5, 0.6) is 0 Å². The maximum Gasteiger partial charge on any atom is 0.264 e. The highest BCUT2D eigenvalue weighted by Crippen LogP contribution is 2.28. The molecule has 1 N–H and O–H groups in total. The maximum atomic E-state index is 12.1. The smallest absolute Gasteiger partial charge is 0.261 e. The fourth-order valence-electron chi connectivity index (χ4n) is 1.40. The third-order valence-corrected chi connectivity index (χ3v) is 5.54. The normalized spacial score (nSPS) is 15.6. The number of sulfonamides is 1. The van der Waals surface area contributed by atoms with E-state index in [1.165, 1.54) is 23.9 Å². The van der Waals surface area contributed by atoms with Crippen LogP contribution >= 0.6 is 35.0 Å². The van der Waals surface area contributed by atoms with Gasteiger partial charge in [0.1, 0.15) is 4.90 Å². The molecule has 0 saturated heterocycles. The summed E-state index contributed by atoms with van der Waals surface area (Å²) in [5.74, 6) is 0.783. The molecule has 0 unspecified atom stereocenters. The van der Waals surface area contributed by atoms with E-state index in [9.17, 15) is 8.42 Å². The van der Waals surface area contributed by atoms with Gasteiger partial charge in [-0.25, -0.2) is 8.42 Å². The molecule has 0 radical (unpaired) electrons. The second kappa shape index (κ2) is 5.28. The number of aryl methyl sites for hydroxylation is 1. The number of benzene rings is 1. The van der Waals surface area contributed by atoms with Crippen molar-refractivity contribution in [2.45, 2.75) is 11.8 Å². The minimum absolute atomic E-state index is 0.0151. The average molecular weight is 325 g/mol. The topological polar surface area (TPSA) is 58.5 Å². The first-order valence-corrected chi connectivity index (χ1v) is 8.28. The number of amidine groups is 1. The summed E-state index contributed by atoms with van der Waals surface area (Å²) in [5, 5.41) is 0.937. The zero-order valence-corrected chi connectivity index (χ0v) is 12.5. The van der Waals surface area contributed by atoms with Crippen LogP contribution in [0.15, 0.2) is 22.0 Å². The van der Waals surface area contributed by atoms with Crippen molar-refractivity contribution in [3.8, 4) is 0 Å². The average Bonchev–Trinajstić information content (AvgIpc) is 2.75. The maximum absolute atomic E-state index is 12.1. The number of nitrogens with zero attached hydrogens (tertiary/aromatic N) is 1. The van der Waals surface area contributed by atoms with Crippen molar-refractivity contribution in [3.63, 3.8) is 0 Å². The molecular formula is C10H10Cl2N2O2S2. The third kappa shape index (κ3) is 2.93. The molecule has 8 heteroatoms. The minimum Gasteiger partial charge on any atom is -0.261 e. The molecule has 0 bridgehead atoms. The van der Waals surface area contributed by atoms with E-state index in [0.29, 0.717) is 22.3 Å². The standard InChI is InChI=1S/C10H10Cl2N2O2S2/c1-6-4-9(8(12)5-7(6)11)18(15,16)14-10-13-2-3-17-10/h4-5H,2-3H2,1H3,(H,13,14). The summed E-state index contributed by atoms with van der Waals surface area (Å²) in [7, 11) is -3.71. The van der Waals surface area contributed by atoms with E-state index in [1.54, 1.807) is 6.92 Å². The highest BCUT2D eigenvalue weighted by molar-refractivity contribution is 8.15. The Hall–Kier alpha value is -0.430. The van der Waals surface area contributed by atoms with Gasteiger partial charge in [-0.3, -0.25) is 9.71 Å². The van der Waals surface area contributed by atoms with Crippen LogP contribution in [0, 0.1) is 6.92 Å². The molecule has 0 aromatic heterocycles. The highest BCUT2D eigenvalue weighted by Gasteiger charge is 2.22. The number of thioether (sulfide) groups is 1. The van der Waals surface area contributed by atoms with E-state index in [2.05, 4.69) is 9.71 Å². The second-order valence-corrected chi connectivity index (χ2v) is 7.22. The van der Waals surface area contributed by atoms with Crippen LogP contribution in [0.2, 0.25) is 10.0 Å². The summed E-state index contributed by atoms with van der Waals surface area (Å²) in [6, 6.07) is 2.88. The molecule has 0 spiro atoms. The predicted molar refractivity (Wildman–Crippen MR) is 76.3 cm³/mol. The van der Waals surface area contributed by atoms with Gasteiger partial charge in [-0.05, 0) is 24.6 Å². The first-order valence-electron chi connectivity index (χ1n) is 5.06. The Morgan fingerprint density at radius 1 is 1.33 bits per heavy atom. The van der Waals surface area contributed by atoms with Gasteiger partial charge in [-0.15, -0.1) is 0 Å². The largest absolute Gasteiger partial charge is 0.264 e. The first kappa shape index (κ1) is 14.0. The van der Waals surface area contributed by atoms with E-state index >= 15 is 0 Å². The summed E-state index contributed by atoms with van der Waals surface area (Å²) >= 11 is 13.2. The third-order valence-electron chi connectivity index (χ3n) is 2.31. The van der Waals surface area contributed by atoms with Crippen LogP contribution < -0.4 is 4.72 Å². The lowest BCUT2D eigenvalue weighted by Crippen LogP contribution is -2.27. The summed E-state index contributed by atoms with van der Waals surface area (Å²) in [6.07, 6.45) is 0. The monoisotopic (exact) mass is 324 g/mol. The zero-order chi connectivity index (χ0) is 13.3. The number of rotatable bonds is 2. The molecule has 1 aliphatic heterocycles. The quantitative estimate of drug-likeness (QED) is 0.909. The lowest BCUT2D eigenvalue weighted by atomic mass is 10.2. The van der Waals surface area contributed by atoms with Crippen molar-refractivity contribution in [1.82, 2.24) is 4.72 Å². The Morgan fingerprint density at radius 2 is 2.06 bits per heavy atom.